The van der Waals surface area contributed by atoms with Gasteiger partial charge in [-0.15, -0.1) is 10.2 Å². The average molecular weight is 337 g/mol. The second-order valence-corrected chi connectivity index (χ2v) is 4.98. The van der Waals surface area contributed by atoms with Crippen LogP contribution in [0.5, 0.6) is 11.6 Å². The smallest absolute Gasteiger partial charge is 0.274 e. The molecule has 3 rings (SSSR count). The summed E-state index contributed by atoms with van der Waals surface area (Å²) in [5.41, 5.74) is 1.19. The van der Waals surface area contributed by atoms with E-state index in [2.05, 4.69) is 25.8 Å². The summed E-state index contributed by atoms with van der Waals surface area (Å²) in [7, 11) is 1.50. The maximum absolute atomic E-state index is 12.3. The molecule has 3 aromatic rings. The molecule has 1 amide bonds. The summed E-state index contributed by atoms with van der Waals surface area (Å²) in [6.07, 6.45) is 1.53. The molecule has 0 aliphatic rings. The number of benzene rings is 1. The van der Waals surface area contributed by atoms with Crippen LogP contribution in [-0.4, -0.2) is 33.3 Å². The van der Waals surface area contributed by atoms with Crippen molar-refractivity contribution >= 4 is 23.1 Å². The molecule has 0 unspecified atom stereocenters. The van der Waals surface area contributed by atoms with Crippen molar-refractivity contribution < 1.29 is 14.6 Å². The number of ether oxygens (including phenoxy) is 1. The predicted octanol–water partition coefficient (Wildman–Crippen LogP) is 2.58. The lowest BCUT2D eigenvalue weighted by Gasteiger charge is -2.13. The highest BCUT2D eigenvalue weighted by Crippen LogP contribution is 2.29. The summed E-state index contributed by atoms with van der Waals surface area (Å²) in [6, 6.07) is 12.9. The van der Waals surface area contributed by atoms with Crippen molar-refractivity contribution in [2.75, 3.05) is 17.7 Å². The lowest BCUT2D eigenvalue weighted by Crippen LogP contribution is -2.14. The van der Waals surface area contributed by atoms with Crippen LogP contribution in [0.15, 0.2) is 54.7 Å². The molecule has 0 saturated carbocycles. The lowest BCUT2D eigenvalue weighted by atomic mass is 10.2. The van der Waals surface area contributed by atoms with Gasteiger partial charge in [0.25, 0.3) is 5.91 Å². The Morgan fingerprint density at radius 1 is 1.08 bits per heavy atom. The van der Waals surface area contributed by atoms with Crippen LogP contribution < -0.4 is 15.4 Å². The van der Waals surface area contributed by atoms with Crippen LogP contribution in [0.4, 0.5) is 17.2 Å². The van der Waals surface area contributed by atoms with E-state index < -0.39 is 5.91 Å². The van der Waals surface area contributed by atoms with E-state index in [0.29, 0.717) is 23.1 Å². The number of carbonyl (C=O) groups is 1. The summed E-state index contributed by atoms with van der Waals surface area (Å²) in [5.74, 6) is 0.470. The topological polar surface area (TPSA) is 109 Å². The number of aromatic nitrogens is 3. The number of phenols is 1. The van der Waals surface area contributed by atoms with Crippen molar-refractivity contribution in [3.8, 4) is 11.6 Å². The molecule has 8 nitrogen and oxygen atoms in total. The van der Waals surface area contributed by atoms with Gasteiger partial charge in [0, 0.05) is 18.3 Å². The third-order valence-corrected chi connectivity index (χ3v) is 3.26. The molecule has 0 bridgehead atoms. The monoisotopic (exact) mass is 337 g/mol. The fourth-order valence-electron chi connectivity index (χ4n) is 2.06. The van der Waals surface area contributed by atoms with Gasteiger partial charge in [0.15, 0.2) is 5.82 Å². The summed E-state index contributed by atoms with van der Waals surface area (Å²) in [5, 5.41) is 23.3. The fraction of sp³-hybridized carbons (Fsp3) is 0.0588. The molecule has 8 heteroatoms. The molecule has 2 heterocycles. The van der Waals surface area contributed by atoms with Gasteiger partial charge in [-0.2, -0.15) is 0 Å². The number of nitrogens with one attached hydrogen (secondary N) is 2. The number of amides is 1. The van der Waals surface area contributed by atoms with E-state index in [0.717, 1.165) is 0 Å². The minimum Gasteiger partial charge on any atom is -0.508 e. The van der Waals surface area contributed by atoms with Crippen molar-refractivity contribution in [1.82, 2.24) is 15.2 Å². The minimum atomic E-state index is -0.393. The van der Waals surface area contributed by atoms with Crippen molar-refractivity contribution in [2.45, 2.75) is 0 Å². The summed E-state index contributed by atoms with van der Waals surface area (Å²) in [6.45, 7) is 0. The van der Waals surface area contributed by atoms with Gasteiger partial charge in [-0.1, -0.05) is 6.07 Å². The Hall–Kier alpha value is -3.68. The van der Waals surface area contributed by atoms with E-state index in [1.165, 1.54) is 25.4 Å². The summed E-state index contributed by atoms with van der Waals surface area (Å²) in [4.78, 5) is 16.3. The van der Waals surface area contributed by atoms with E-state index in [-0.39, 0.29) is 11.4 Å². The number of nitrogens with zero attached hydrogens (tertiary/aromatic N) is 3. The molecule has 0 saturated heterocycles. The number of hydrogen-bond donors (Lipinski definition) is 3. The van der Waals surface area contributed by atoms with E-state index in [1.54, 1.807) is 36.4 Å². The number of hydrogen-bond acceptors (Lipinski definition) is 7. The second kappa shape index (κ2) is 7.26. The predicted molar refractivity (Wildman–Crippen MR) is 92.2 cm³/mol. The first-order chi connectivity index (χ1) is 12.2. The zero-order chi connectivity index (χ0) is 17.6. The SMILES string of the molecule is COc1ccc(Nc2ccc(O)cc2NC(=O)c2ccccn2)nn1. The number of phenolic OH excluding ortho intramolecular Hbond substituents is 1. The van der Waals surface area contributed by atoms with Crippen molar-refractivity contribution in [2.24, 2.45) is 0 Å². The summed E-state index contributed by atoms with van der Waals surface area (Å²) < 4.78 is 4.96. The van der Waals surface area contributed by atoms with Crippen LogP contribution in [0.3, 0.4) is 0 Å². The number of pyridine rings is 1. The van der Waals surface area contributed by atoms with Crippen molar-refractivity contribution in [3.05, 3.63) is 60.4 Å². The number of rotatable bonds is 5. The van der Waals surface area contributed by atoms with Crippen molar-refractivity contribution in [3.63, 3.8) is 0 Å². The molecule has 0 aliphatic heterocycles. The Labute approximate surface area is 143 Å². The first kappa shape index (κ1) is 16.2. The Balaban J connectivity index is 1.83. The van der Waals surface area contributed by atoms with Gasteiger partial charge in [-0.3, -0.25) is 9.78 Å². The maximum Gasteiger partial charge on any atom is 0.274 e. The van der Waals surface area contributed by atoms with E-state index in [1.807, 2.05) is 0 Å². The van der Waals surface area contributed by atoms with Crippen LogP contribution in [0, 0.1) is 0 Å². The number of methoxy groups -OCH3 is 1. The number of carbonyl (C=O) groups excluding carboxylic acids is 1. The quantitative estimate of drug-likeness (QED) is 0.614. The van der Waals surface area contributed by atoms with Gasteiger partial charge in [0.2, 0.25) is 5.88 Å². The highest BCUT2D eigenvalue weighted by Gasteiger charge is 2.11. The van der Waals surface area contributed by atoms with Crippen LogP contribution in [0.25, 0.3) is 0 Å². The van der Waals surface area contributed by atoms with E-state index in [4.69, 9.17) is 4.74 Å². The van der Waals surface area contributed by atoms with Crippen LogP contribution >= 0.6 is 0 Å². The van der Waals surface area contributed by atoms with Crippen molar-refractivity contribution in [1.29, 1.82) is 0 Å². The second-order valence-electron chi connectivity index (χ2n) is 4.98. The largest absolute Gasteiger partial charge is 0.508 e. The Morgan fingerprint density at radius 3 is 2.64 bits per heavy atom. The standard InChI is InChI=1S/C17H15N5O3/c1-25-16-8-7-15(21-22-16)19-12-6-5-11(23)10-14(12)20-17(24)13-4-2-3-9-18-13/h2-10,23H,1H3,(H,19,21)(H,20,24). The zero-order valence-electron chi connectivity index (χ0n) is 13.3. The molecular formula is C17H15N5O3. The molecule has 1 aromatic carbocycles. The van der Waals surface area contributed by atoms with Gasteiger partial charge in [0.05, 0.1) is 18.5 Å². The molecular weight excluding hydrogens is 322 g/mol. The lowest BCUT2D eigenvalue weighted by molar-refractivity contribution is 0.102. The third kappa shape index (κ3) is 3.99. The first-order valence-corrected chi connectivity index (χ1v) is 7.36. The maximum atomic E-state index is 12.3. The van der Waals surface area contributed by atoms with Gasteiger partial charge in [-0.25, -0.2) is 0 Å². The van der Waals surface area contributed by atoms with Gasteiger partial charge < -0.3 is 20.5 Å². The average Bonchev–Trinajstić information content (AvgIpc) is 2.65. The van der Waals surface area contributed by atoms with Crippen LogP contribution in [0.1, 0.15) is 10.5 Å². The molecule has 0 atom stereocenters. The highest BCUT2D eigenvalue weighted by molar-refractivity contribution is 6.05. The Kier molecular flexibility index (Phi) is 4.70. The molecule has 0 aliphatic carbocycles. The normalized spacial score (nSPS) is 10.1. The molecule has 0 spiro atoms. The third-order valence-electron chi connectivity index (χ3n) is 3.26. The minimum absolute atomic E-state index is 0.0164. The fourth-order valence-corrected chi connectivity index (χ4v) is 2.06. The Morgan fingerprint density at radius 2 is 1.96 bits per heavy atom. The molecule has 126 valence electrons. The van der Waals surface area contributed by atoms with E-state index in [9.17, 15) is 9.90 Å². The van der Waals surface area contributed by atoms with E-state index >= 15 is 0 Å². The van der Waals surface area contributed by atoms with Crippen LogP contribution in [-0.2, 0) is 0 Å². The van der Waals surface area contributed by atoms with Gasteiger partial charge in [-0.05, 0) is 30.3 Å². The molecule has 0 fully saturated rings. The van der Waals surface area contributed by atoms with Gasteiger partial charge in [0.1, 0.15) is 11.4 Å². The van der Waals surface area contributed by atoms with Crippen LogP contribution in [0.2, 0.25) is 0 Å². The summed E-state index contributed by atoms with van der Waals surface area (Å²) >= 11 is 0. The zero-order valence-corrected chi connectivity index (χ0v) is 13.3. The number of anilines is 3. The van der Waals surface area contributed by atoms with Gasteiger partial charge >= 0.3 is 0 Å². The first-order valence-electron chi connectivity index (χ1n) is 7.36. The molecule has 2 aromatic heterocycles. The molecule has 0 radical (unpaired) electrons. The molecule has 25 heavy (non-hydrogen) atoms. The number of aromatic hydroxyl groups is 1. The Bertz CT molecular complexity index is 869. The highest BCUT2D eigenvalue weighted by atomic mass is 16.5. The molecule has 3 N–H and O–H groups in total.